The van der Waals surface area contributed by atoms with Crippen molar-refractivity contribution in [2.24, 2.45) is 0 Å². The van der Waals surface area contributed by atoms with Crippen LogP contribution in [0.15, 0.2) is 0 Å². The fourth-order valence-electron chi connectivity index (χ4n) is 1.25. The van der Waals surface area contributed by atoms with Gasteiger partial charge in [-0.25, -0.2) is 0 Å². The summed E-state index contributed by atoms with van der Waals surface area (Å²) >= 11 is 0. The lowest BCUT2D eigenvalue weighted by Crippen LogP contribution is -2.20. The Hall–Kier alpha value is -1.06. The van der Waals surface area contributed by atoms with Crippen LogP contribution in [-0.4, -0.2) is 23.1 Å². The second-order valence-electron chi connectivity index (χ2n) is 3.33. The molecule has 0 aliphatic heterocycles. The molecule has 4 heteroatoms. The molecule has 82 valence electrons. The summed E-state index contributed by atoms with van der Waals surface area (Å²) in [6, 6.07) is 0. The Balaban J connectivity index is 3.84. The van der Waals surface area contributed by atoms with Crippen molar-refractivity contribution in [1.82, 2.24) is 0 Å². The number of unbranched alkanes of at least 4 members (excludes halogenated alkanes) is 2. The largest absolute Gasteiger partial charge is 0.481 e. The Labute approximate surface area is 84.3 Å². The van der Waals surface area contributed by atoms with E-state index in [-0.39, 0.29) is 6.42 Å². The molecular weight excluding hydrogens is 184 g/mol. The van der Waals surface area contributed by atoms with Gasteiger partial charge in [0.25, 0.3) is 0 Å². The molecule has 0 spiro atoms. The summed E-state index contributed by atoms with van der Waals surface area (Å²) in [6.07, 6.45) is 3.10. The van der Waals surface area contributed by atoms with Gasteiger partial charge < -0.3 is 9.84 Å². The first-order valence-corrected chi connectivity index (χ1v) is 4.95. The quantitative estimate of drug-likeness (QED) is 0.506. The molecule has 14 heavy (non-hydrogen) atoms. The number of rotatable bonds is 7. The summed E-state index contributed by atoms with van der Waals surface area (Å²) in [7, 11) is 0. The number of carboxylic acids is 1. The van der Waals surface area contributed by atoms with Gasteiger partial charge in [-0.2, -0.15) is 0 Å². The molecule has 1 atom stereocenters. The zero-order valence-electron chi connectivity index (χ0n) is 8.78. The standard InChI is InChI=1S/C10H18O4/c1-3-4-5-6-9(7-10(12)13)14-8(2)11/h9H,3-7H2,1-2H3,(H,12,13)/t9-/m1/s1. The number of hydrogen-bond donors (Lipinski definition) is 1. The fraction of sp³-hybridized carbons (Fsp3) is 0.800. The molecule has 0 amide bonds. The highest BCUT2D eigenvalue weighted by atomic mass is 16.5. The van der Waals surface area contributed by atoms with E-state index in [1.54, 1.807) is 0 Å². The van der Waals surface area contributed by atoms with Gasteiger partial charge in [0.1, 0.15) is 6.10 Å². The molecule has 0 bridgehead atoms. The van der Waals surface area contributed by atoms with Gasteiger partial charge in [-0.3, -0.25) is 9.59 Å². The van der Waals surface area contributed by atoms with Gasteiger partial charge in [0.05, 0.1) is 6.42 Å². The third-order valence-corrected chi connectivity index (χ3v) is 1.86. The Morgan fingerprint density at radius 3 is 2.43 bits per heavy atom. The molecule has 0 radical (unpaired) electrons. The highest BCUT2D eigenvalue weighted by Crippen LogP contribution is 2.10. The van der Waals surface area contributed by atoms with Gasteiger partial charge in [0.2, 0.25) is 0 Å². The van der Waals surface area contributed by atoms with Crippen molar-refractivity contribution in [1.29, 1.82) is 0 Å². The van der Waals surface area contributed by atoms with E-state index in [1.807, 2.05) is 0 Å². The van der Waals surface area contributed by atoms with Crippen molar-refractivity contribution in [2.45, 2.75) is 52.1 Å². The van der Waals surface area contributed by atoms with Crippen molar-refractivity contribution in [3.8, 4) is 0 Å². The van der Waals surface area contributed by atoms with E-state index in [0.29, 0.717) is 6.42 Å². The van der Waals surface area contributed by atoms with Gasteiger partial charge in [0, 0.05) is 6.92 Å². The van der Waals surface area contributed by atoms with Gasteiger partial charge in [-0.05, 0) is 12.8 Å². The smallest absolute Gasteiger partial charge is 0.307 e. The molecule has 0 aliphatic rings. The number of carbonyl (C=O) groups is 2. The van der Waals surface area contributed by atoms with Crippen molar-refractivity contribution in [3.05, 3.63) is 0 Å². The summed E-state index contributed by atoms with van der Waals surface area (Å²) in [5.74, 6) is -1.33. The normalized spacial score (nSPS) is 12.1. The van der Waals surface area contributed by atoms with Crippen LogP contribution in [0.25, 0.3) is 0 Å². The molecule has 0 saturated heterocycles. The maximum atomic E-state index is 10.7. The van der Waals surface area contributed by atoms with E-state index in [2.05, 4.69) is 6.92 Å². The zero-order valence-corrected chi connectivity index (χ0v) is 8.78. The Morgan fingerprint density at radius 1 is 1.36 bits per heavy atom. The lowest BCUT2D eigenvalue weighted by molar-refractivity contribution is -0.151. The second kappa shape index (κ2) is 7.35. The zero-order chi connectivity index (χ0) is 11.0. The minimum Gasteiger partial charge on any atom is -0.481 e. The van der Waals surface area contributed by atoms with Crippen LogP contribution >= 0.6 is 0 Å². The monoisotopic (exact) mass is 202 g/mol. The second-order valence-corrected chi connectivity index (χ2v) is 3.33. The molecule has 0 saturated carbocycles. The Morgan fingerprint density at radius 2 is 2.00 bits per heavy atom. The third-order valence-electron chi connectivity index (χ3n) is 1.86. The van der Waals surface area contributed by atoms with Crippen molar-refractivity contribution < 1.29 is 19.4 Å². The first-order valence-electron chi connectivity index (χ1n) is 4.95. The number of esters is 1. The van der Waals surface area contributed by atoms with E-state index in [9.17, 15) is 9.59 Å². The number of aliphatic carboxylic acids is 1. The van der Waals surface area contributed by atoms with Crippen molar-refractivity contribution >= 4 is 11.9 Å². The van der Waals surface area contributed by atoms with Gasteiger partial charge in [-0.1, -0.05) is 19.8 Å². The summed E-state index contributed by atoms with van der Waals surface area (Å²) < 4.78 is 4.89. The van der Waals surface area contributed by atoms with Crippen molar-refractivity contribution in [2.75, 3.05) is 0 Å². The molecule has 0 rings (SSSR count). The number of carboxylic acid groups (broad SMARTS) is 1. The molecule has 0 fully saturated rings. The lowest BCUT2D eigenvalue weighted by Gasteiger charge is -2.14. The topological polar surface area (TPSA) is 63.6 Å². The molecule has 0 aromatic heterocycles. The number of hydrogen-bond acceptors (Lipinski definition) is 3. The van der Waals surface area contributed by atoms with Crippen LogP contribution in [0.2, 0.25) is 0 Å². The van der Waals surface area contributed by atoms with E-state index >= 15 is 0 Å². The average molecular weight is 202 g/mol. The molecule has 0 aromatic rings. The van der Waals surface area contributed by atoms with Crippen LogP contribution in [0.1, 0.15) is 46.0 Å². The minimum absolute atomic E-state index is 0.0940. The van der Waals surface area contributed by atoms with Gasteiger partial charge in [-0.15, -0.1) is 0 Å². The maximum absolute atomic E-state index is 10.7. The molecule has 0 aliphatic carbocycles. The summed E-state index contributed by atoms with van der Waals surface area (Å²) in [5.41, 5.74) is 0. The molecule has 4 nitrogen and oxygen atoms in total. The van der Waals surface area contributed by atoms with Crippen LogP contribution in [0.5, 0.6) is 0 Å². The van der Waals surface area contributed by atoms with E-state index in [0.717, 1.165) is 19.3 Å². The minimum atomic E-state index is -0.923. The van der Waals surface area contributed by atoms with Gasteiger partial charge >= 0.3 is 11.9 Å². The van der Waals surface area contributed by atoms with E-state index < -0.39 is 18.0 Å². The van der Waals surface area contributed by atoms with Gasteiger partial charge in [0.15, 0.2) is 0 Å². The Bertz CT molecular complexity index is 173. The predicted molar refractivity (Wildman–Crippen MR) is 51.9 cm³/mol. The molecule has 0 aromatic carbocycles. The number of ether oxygens (including phenoxy) is 1. The first-order chi connectivity index (χ1) is 6.56. The van der Waals surface area contributed by atoms with Crippen LogP contribution in [0, 0.1) is 0 Å². The van der Waals surface area contributed by atoms with Crippen LogP contribution in [0.3, 0.4) is 0 Å². The Kier molecular flexibility index (Phi) is 6.80. The highest BCUT2D eigenvalue weighted by molar-refractivity contribution is 5.69. The highest BCUT2D eigenvalue weighted by Gasteiger charge is 2.15. The maximum Gasteiger partial charge on any atom is 0.307 e. The predicted octanol–water partition coefficient (Wildman–Crippen LogP) is 1.97. The third kappa shape index (κ3) is 7.58. The molecular formula is C10H18O4. The van der Waals surface area contributed by atoms with Crippen LogP contribution in [0.4, 0.5) is 0 Å². The fourth-order valence-corrected chi connectivity index (χ4v) is 1.25. The van der Waals surface area contributed by atoms with E-state index in [1.165, 1.54) is 6.92 Å². The van der Waals surface area contributed by atoms with E-state index in [4.69, 9.17) is 9.84 Å². The summed E-state index contributed by atoms with van der Waals surface area (Å²) in [4.78, 5) is 21.1. The molecule has 0 unspecified atom stereocenters. The molecule has 1 N–H and O–H groups in total. The van der Waals surface area contributed by atoms with Crippen LogP contribution < -0.4 is 0 Å². The SMILES string of the molecule is CCCCC[C@H](CC(=O)O)OC(C)=O. The summed E-state index contributed by atoms with van der Waals surface area (Å²) in [5, 5.41) is 8.56. The van der Waals surface area contributed by atoms with Crippen LogP contribution in [-0.2, 0) is 14.3 Å². The average Bonchev–Trinajstić information content (AvgIpc) is 2.02. The lowest BCUT2D eigenvalue weighted by atomic mass is 10.1. The number of carbonyl (C=O) groups excluding carboxylic acids is 1. The van der Waals surface area contributed by atoms with Crippen molar-refractivity contribution in [3.63, 3.8) is 0 Å². The first kappa shape index (κ1) is 12.9. The molecule has 0 heterocycles. The summed E-state index contributed by atoms with van der Waals surface area (Å²) in [6.45, 7) is 3.37.